The first-order chi connectivity index (χ1) is 4.93. The number of hydrogen-bond donors (Lipinski definition) is 1. The highest BCUT2D eigenvalue weighted by atomic mass is 16.2. The van der Waals surface area contributed by atoms with E-state index in [1.807, 2.05) is 24.3 Å². The first-order valence-corrected chi connectivity index (χ1v) is 2.64. The molecule has 2 nitrogen and oxygen atoms in total. The van der Waals surface area contributed by atoms with Gasteiger partial charge in [-0.2, -0.15) is 5.26 Å². The minimum atomic E-state index is 0.715. The molecule has 0 aromatic heterocycles. The summed E-state index contributed by atoms with van der Waals surface area (Å²) < 4.78 is 0. The minimum absolute atomic E-state index is 0.715. The highest BCUT2D eigenvalue weighted by Crippen LogP contribution is 1.92. The third kappa shape index (κ3) is 2.90. The summed E-state index contributed by atoms with van der Waals surface area (Å²) in [6, 6.07) is 11.2. The average Bonchev–Trinajstić information content (AvgIpc) is 2.10. The summed E-state index contributed by atoms with van der Waals surface area (Å²) in [6.07, 6.45) is 0. The van der Waals surface area contributed by atoms with E-state index < -0.39 is 0 Å². The fourth-order valence-corrected chi connectivity index (χ4v) is 0.513. The summed E-state index contributed by atoms with van der Waals surface area (Å²) in [6.45, 7) is 0. The molecule has 0 fully saturated rings. The van der Waals surface area contributed by atoms with Crippen LogP contribution in [-0.4, -0.2) is 13.1 Å². The van der Waals surface area contributed by atoms with Gasteiger partial charge in [0.15, 0.2) is 0 Å². The van der Waals surface area contributed by atoms with Gasteiger partial charge in [-0.15, -0.1) is 0 Å². The molecule has 1 aromatic carbocycles. The van der Waals surface area contributed by atoms with Crippen LogP contribution in [0.1, 0.15) is 5.56 Å². The Morgan fingerprint density at radius 1 is 1.20 bits per heavy atom. The zero-order chi connectivity index (χ0) is 7.82. The van der Waals surface area contributed by atoms with E-state index in [2.05, 4.69) is 8.05 Å². The van der Waals surface area contributed by atoms with E-state index in [0.717, 1.165) is 0 Å². The molecule has 0 heterocycles. The van der Waals surface area contributed by atoms with Crippen LogP contribution in [0.2, 0.25) is 0 Å². The number of nitrogens with zero attached hydrogens (tertiary/aromatic N) is 1. The molecule has 1 rings (SSSR count). The van der Waals surface area contributed by atoms with Gasteiger partial charge in [0, 0.05) is 0 Å². The molecule has 1 N–H and O–H groups in total. The quantitative estimate of drug-likeness (QED) is 0.524. The largest absolute Gasteiger partial charge is 0.461 e. The highest BCUT2D eigenvalue weighted by molar-refractivity contribution is 5.95. The first kappa shape index (κ1) is 8.73. The Kier molecular flexibility index (Phi) is 5.12. The Morgan fingerprint density at radius 2 is 1.70 bits per heavy atom. The van der Waals surface area contributed by atoms with Crippen molar-refractivity contribution >= 4 is 8.05 Å². The van der Waals surface area contributed by atoms with Crippen molar-refractivity contribution in [2.24, 2.45) is 0 Å². The van der Waals surface area contributed by atoms with Gasteiger partial charge < -0.3 is 5.02 Å². The molecule has 0 saturated heterocycles. The Bertz CT molecular complexity index is 205. The van der Waals surface area contributed by atoms with E-state index in [4.69, 9.17) is 10.3 Å². The SMILES string of the molecule is N#Cc1ccccc1.[B]O. The lowest BCUT2D eigenvalue weighted by molar-refractivity contribution is 0.629. The second-order valence-corrected chi connectivity index (χ2v) is 1.48. The van der Waals surface area contributed by atoms with E-state index in [9.17, 15) is 0 Å². The molecule has 0 atom stereocenters. The maximum atomic E-state index is 8.29. The van der Waals surface area contributed by atoms with Gasteiger partial charge in [0.2, 0.25) is 0 Å². The van der Waals surface area contributed by atoms with Gasteiger partial charge >= 0.3 is 0 Å². The maximum Gasteiger partial charge on any atom is 0.277 e. The van der Waals surface area contributed by atoms with E-state index in [1.54, 1.807) is 12.1 Å². The van der Waals surface area contributed by atoms with E-state index >= 15 is 0 Å². The molecule has 0 saturated carbocycles. The van der Waals surface area contributed by atoms with Crippen molar-refractivity contribution in [3.8, 4) is 6.07 Å². The lowest BCUT2D eigenvalue weighted by Gasteiger charge is -1.80. The molecule has 0 aliphatic heterocycles. The summed E-state index contributed by atoms with van der Waals surface area (Å²) >= 11 is 0. The Morgan fingerprint density at radius 3 is 2.00 bits per heavy atom. The zero-order valence-electron chi connectivity index (χ0n) is 5.36. The van der Waals surface area contributed by atoms with Gasteiger partial charge in [-0.25, -0.2) is 0 Å². The van der Waals surface area contributed by atoms with Gasteiger partial charge in [0.25, 0.3) is 8.05 Å². The van der Waals surface area contributed by atoms with Crippen LogP contribution in [0.5, 0.6) is 0 Å². The fourth-order valence-electron chi connectivity index (χ4n) is 0.513. The summed E-state index contributed by atoms with van der Waals surface area (Å²) in [7, 11) is 3.50. The molecule has 0 bridgehead atoms. The maximum absolute atomic E-state index is 8.29. The predicted octanol–water partition coefficient (Wildman–Crippen LogP) is 0.620. The molecule has 1 aromatic rings. The molecule has 2 radical (unpaired) electrons. The standard InChI is InChI=1S/C7H5N.BHO/c8-6-7-4-2-1-3-5-7;1-2/h1-5H;2H. The summed E-state index contributed by atoms with van der Waals surface area (Å²) in [5.41, 5.74) is 0.715. The topological polar surface area (TPSA) is 44.0 Å². The second kappa shape index (κ2) is 5.86. The monoisotopic (exact) mass is 131 g/mol. The Labute approximate surface area is 61.2 Å². The molecule has 0 aliphatic rings. The molecule has 0 aliphatic carbocycles. The van der Waals surface area contributed by atoms with Crippen LogP contribution in [0.3, 0.4) is 0 Å². The summed E-state index contributed by atoms with van der Waals surface area (Å²) in [5.74, 6) is 0. The molecule has 0 spiro atoms. The van der Waals surface area contributed by atoms with Gasteiger partial charge in [-0.1, -0.05) is 18.2 Å². The highest BCUT2D eigenvalue weighted by Gasteiger charge is 1.79. The summed E-state index contributed by atoms with van der Waals surface area (Å²) in [5, 5.41) is 14.8. The van der Waals surface area contributed by atoms with Crippen LogP contribution >= 0.6 is 0 Å². The van der Waals surface area contributed by atoms with Crippen LogP contribution in [-0.2, 0) is 0 Å². The number of rotatable bonds is 0. The molecule has 10 heavy (non-hydrogen) atoms. The molecular weight excluding hydrogens is 125 g/mol. The van der Waals surface area contributed by atoms with E-state index in [-0.39, 0.29) is 0 Å². The van der Waals surface area contributed by atoms with Crippen LogP contribution in [0.25, 0.3) is 0 Å². The third-order valence-corrected chi connectivity index (χ3v) is 0.903. The normalized spacial score (nSPS) is 6.80. The Balaban J connectivity index is 0.000000371. The van der Waals surface area contributed by atoms with Gasteiger partial charge in [0.05, 0.1) is 11.6 Å². The lowest BCUT2D eigenvalue weighted by atomic mass is 10.2. The lowest BCUT2D eigenvalue weighted by Crippen LogP contribution is -1.66. The molecule has 3 heteroatoms. The smallest absolute Gasteiger partial charge is 0.277 e. The number of benzene rings is 1. The van der Waals surface area contributed by atoms with Crippen LogP contribution in [0.15, 0.2) is 30.3 Å². The molecule has 48 valence electrons. The van der Waals surface area contributed by atoms with Crippen molar-refractivity contribution in [2.75, 3.05) is 0 Å². The molecular formula is C7H6BNO. The van der Waals surface area contributed by atoms with Crippen molar-refractivity contribution < 1.29 is 5.02 Å². The van der Waals surface area contributed by atoms with Crippen molar-refractivity contribution in [3.63, 3.8) is 0 Å². The van der Waals surface area contributed by atoms with Crippen molar-refractivity contribution in [2.45, 2.75) is 0 Å². The van der Waals surface area contributed by atoms with Gasteiger partial charge in [0.1, 0.15) is 0 Å². The van der Waals surface area contributed by atoms with Crippen molar-refractivity contribution in [1.29, 1.82) is 5.26 Å². The predicted molar refractivity (Wildman–Crippen MR) is 39.1 cm³/mol. The average molecular weight is 131 g/mol. The van der Waals surface area contributed by atoms with Gasteiger partial charge in [-0.05, 0) is 12.1 Å². The minimum Gasteiger partial charge on any atom is -0.461 e. The molecule has 0 unspecified atom stereocenters. The fraction of sp³-hybridized carbons (Fsp3) is 0. The molecule has 0 amide bonds. The van der Waals surface area contributed by atoms with Crippen LogP contribution in [0, 0.1) is 11.3 Å². The van der Waals surface area contributed by atoms with Gasteiger partial charge in [-0.3, -0.25) is 0 Å². The Hall–Kier alpha value is -1.27. The van der Waals surface area contributed by atoms with E-state index in [0.29, 0.717) is 5.56 Å². The first-order valence-electron chi connectivity index (χ1n) is 2.64. The second-order valence-electron chi connectivity index (χ2n) is 1.48. The van der Waals surface area contributed by atoms with Crippen molar-refractivity contribution in [1.82, 2.24) is 0 Å². The third-order valence-electron chi connectivity index (χ3n) is 0.903. The zero-order valence-corrected chi connectivity index (χ0v) is 5.36. The van der Waals surface area contributed by atoms with Crippen LogP contribution < -0.4 is 0 Å². The van der Waals surface area contributed by atoms with Crippen LogP contribution in [0.4, 0.5) is 0 Å². The van der Waals surface area contributed by atoms with E-state index in [1.165, 1.54) is 0 Å². The summed E-state index contributed by atoms with van der Waals surface area (Å²) in [4.78, 5) is 0. The number of hydrogen-bond acceptors (Lipinski definition) is 2. The number of nitriles is 1. The van der Waals surface area contributed by atoms with Crippen molar-refractivity contribution in [3.05, 3.63) is 35.9 Å².